The van der Waals surface area contributed by atoms with Gasteiger partial charge in [-0.25, -0.2) is 9.98 Å². The van der Waals surface area contributed by atoms with Crippen molar-refractivity contribution in [3.8, 4) is 0 Å². The van der Waals surface area contributed by atoms with Gasteiger partial charge < -0.3 is 20.2 Å². The molecule has 6 nitrogen and oxygen atoms in total. The minimum absolute atomic E-state index is 0.296. The van der Waals surface area contributed by atoms with Gasteiger partial charge in [-0.1, -0.05) is 6.92 Å². The molecule has 0 saturated heterocycles. The van der Waals surface area contributed by atoms with Gasteiger partial charge in [0.1, 0.15) is 16.4 Å². The van der Waals surface area contributed by atoms with Gasteiger partial charge in [0, 0.05) is 17.6 Å². The van der Waals surface area contributed by atoms with Crippen LogP contribution in [0.15, 0.2) is 34.0 Å². The van der Waals surface area contributed by atoms with Crippen LogP contribution in [0.1, 0.15) is 36.4 Å². The van der Waals surface area contributed by atoms with Crippen LogP contribution in [0, 0.1) is 0 Å². The lowest BCUT2D eigenvalue weighted by Crippen LogP contribution is -2.44. The Balaban J connectivity index is 1.96. The number of thiazole rings is 1. The number of rotatable bonds is 7. The van der Waals surface area contributed by atoms with Gasteiger partial charge in [0.05, 0.1) is 19.4 Å². The number of aryl methyl sites for hydroxylation is 1. The first kappa shape index (κ1) is 17.5. The first-order valence-corrected chi connectivity index (χ1v) is 8.59. The Labute approximate surface area is 140 Å². The highest BCUT2D eigenvalue weighted by molar-refractivity contribution is 7.11. The molecule has 0 aliphatic heterocycles. The molecule has 23 heavy (non-hydrogen) atoms. The summed E-state index contributed by atoms with van der Waals surface area (Å²) in [5.41, 5.74) is -1.10. The molecule has 0 aromatic carbocycles. The Morgan fingerprint density at radius 2 is 2.26 bits per heavy atom. The number of aliphatic imine (C=N–C) groups is 1. The van der Waals surface area contributed by atoms with Crippen molar-refractivity contribution >= 4 is 17.3 Å². The maximum Gasteiger partial charge on any atom is 0.191 e. The van der Waals surface area contributed by atoms with E-state index in [0.29, 0.717) is 24.8 Å². The van der Waals surface area contributed by atoms with Crippen LogP contribution in [-0.4, -0.2) is 29.1 Å². The van der Waals surface area contributed by atoms with Crippen molar-refractivity contribution in [3.05, 3.63) is 40.2 Å². The molecule has 0 amide bonds. The van der Waals surface area contributed by atoms with Gasteiger partial charge in [0.2, 0.25) is 0 Å². The molecule has 3 N–H and O–H groups in total. The van der Waals surface area contributed by atoms with E-state index < -0.39 is 5.60 Å². The first-order chi connectivity index (χ1) is 11.0. The molecule has 1 atom stereocenters. The third-order valence-electron chi connectivity index (χ3n) is 3.32. The maximum absolute atomic E-state index is 10.5. The predicted octanol–water partition coefficient (Wildman–Crippen LogP) is 2.26. The number of furan rings is 1. The van der Waals surface area contributed by atoms with Crippen molar-refractivity contribution in [2.45, 2.75) is 39.3 Å². The Kier molecular flexibility index (Phi) is 6.18. The lowest BCUT2D eigenvalue weighted by molar-refractivity contribution is 0.0386. The molecule has 0 spiro atoms. The van der Waals surface area contributed by atoms with Gasteiger partial charge in [-0.2, -0.15) is 0 Å². The Morgan fingerprint density at radius 3 is 2.87 bits per heavy atom. The fourth-order valence-corrected chi connectivity index (χ4v) is 2.79. The highest BCUT2D eigenvalue weighted by atomic mass is 32.1. The summed E-state index contributed by atoms with van der Waals surface area (Å²) in [6, 6.07) is 3.52. The van der Waals surface area contributed by atoms with Crippen LogP contribution in [-0.2, 0) is 18.6 Å². The van der Waals surface area contributed by atoms with Crippen LogP contribution in [0.5, 0.6) is 0 Å². The van der Waals surface area contributed by atoms with Gasteiger partial charge in [-0.3, -0.25) is 0 Å². The number of nitrogens with zero attached hydrogens (tertiary/aromatic N) is 2. The van der Waals surface area contributed by atoms with Crippen molar-refractivity contribution in [1.82, 2.24) is 15.6 Å². The second-order valence-corrected chi connectivity index (χ2v) is 6.57. The molecule has 7 heteroatoms. The van der Waals surface area contributed by atoms with Crippen molar-refractivity contribution in [1.29, 1.82) is 0 Å². The Hall–Kier alpha value is -1.86. The smallest absolute Gasteiger partial charge is 0.191 e. The number of aromatic nitrogens is 1. The highest BCUT2D eigenvalue weighted by Crippen LogP contribution is 2.19. The van der Waals surface area contributed by atoms with Crippen LogP contribution in [0.3, 0.4) is 0 Å². The highest BCUT2D eigenvalue weighted by Gasteiger charge is 2.26. The van der Waals surface area contributed by atoms with Crippen molar-refractivity contribution in [2.75, 3.05) is 13.1 Å². The summed E-state index contributed by atoms with van der Waals surface area (Å²) in [5.74, 6) is 1.17. The van der Waals surface area contributed by atoms with E-state index in [9.17, 15) is 5.11 Å². The lowest BCUT2D eigenvalue weighted by Gasteiger charge is -2.22. The summed E-state index contributed by atoms with van der Waals surface area (Å²) in [6.07, 6.45) is 4.44. The molecule has 0 aliphatic carbocycles. The van der Waals surface area contributed by atoms with Crippen molar-refractivity contribution in [3.63, 3.8) is 0 Å². The molecule has 0 radical (unpaired) electrons. The van der Waals surface area contributed by atoms with Crippen LogP contribution < -0.4 is 10.6 Å². The van der Waals surface area contributed by atoms with Gasteiger partial charge in [-0.15, -0.1) is 11.3 Å². The molecule has 2 rings (SSSR count). The summed E-state index contributed by atoms with van der Waals surface area (Å²) in [6.45, 7) is 7.38. The largest absolute Gasteiger partial charge is 0.466 e. The monoisotopic (exact) mass is 336 g/mol. The molecule has 1 unspecified atom stereocenters. The second kappa shape index (κ2) is 8.12. The van der Waals surface area contributed by atoms with Gasteiger partial charge >= 0.3 is 0 Å². The van der Waals surface area contributed by atoms with Crippen molar-refractivity contribution in [2.24, 2.45) is 4.99 Å². The van der Waals surface area contributed by atoms with Crippen LogP contribution >= 0.6 is 11.3 Å². The maximum atomic E-state index is 10.5. The first-order valence-electron chi connectivity index (χ1n) is 7.77. The minimum Gasteiger partial charge on any atom is -0.466 e. The van der Waals surface area contributed by atoms with Gasteiger partial charge in [0.15, 0.2) is 5.96 Å². The fraction of sp³-hybridized carbons (Fsp3) is 0.500. The molecule has 0 saturated carbocycles. The SMILES string of the molecule is CCNC(=NCc1ncc(CC)s1)NCC(C)(O)c1ccco1. The predicted molar refractivity (Wildman–Crippen MR) is 92.6 cm³/mol. The molecular formula is C16H24N4O2S. The average molecular weight is 336 g/mol. The zero-order chi connectivity index (χ0) is 16.7. The van der Waals surface area contributed by atoms with E-state index in [-0.39, 0.29) is 0 Å². The lowest BCUT2D eigenvalue weighted by atomic mass is 10.0. The Bertz CT molecular complexity index is 620. The van der Waals surface area contributed by atoms with E-state index in [2.05, 4.69) is 27.5 Å². The second-order valence-electron chi connectivity index (χ2n) is 5.37. The van der Waals surface area contributed by atoms with Crippen LogP contribution in [0.2, 0.25) is 0 Å². The zero-order valence-electron chi connectivity index (χ0n) is 13.8. The molecule has 0 aliphatic rings. The van der Waals surface area contributed by atoms with Gasteiger partial charge in [0.25, 0.3) is 0 Å². The molecular weight excluding hydrogens is 312 g/mol. The third kappa shape index (κ3) is 5.07. The molecule has 126 valence electrons. The molecule has 0 fully saturated rings. The Morgan fingerprint density at radius 1 is 1.43 bits per heavy atom. The number of hydrogen-bond donors (Lipinski definition) is 3. The average Bonchev–Trinajstić information content (AvgIpc) is 3.21. The molecule has 2 aromatic rings. The topological polar surface area (TPSA) is 82.7 Å². The number of guanidine groups is 1. The minimum atomic E-state index is -1.10. The van der Waals surface area contributed by atoms with E-state index in [1.807, 2.05) is 13.1 Å². The van der Waals surface area contributed by atoms with Crippen molar-refractivity contribution < 1.29 is 9.52 Å². The number of hydrogen-bond acceptors (Lipinski definition) is 5. The van der Waals surface area contributed by atoms with Crippen LogP contribution in [0.4, 0.5) is 0 Å². The standard InChI is InChI=1S/C16H24N4O2S/c1-4-12-9-18-14(23-12)10-19-15(17-5-2)20-11-16(3,21)13-7-6-8-22-13/h6-9,21H,4-5,10-11H2,1-3H3,(H2,17,19,20). The molecule has 2 heterocycles. The summed E-state index contributed by atoms with van der Waals surface area (Å²) >= 11 is 1.68. The summed E-state index contributed by atoms with van der Waals surface area (Å²) < 4.78 is 5.28. The quantitative estimate of drug-likeness (QED) is 0.534. The summed E-state index contributed by atoms with van der Waals surface area (Å²) in [4.78, 5) is 10.1. The van der Waals surface area contributed by atoms with Crippen LogP contribution in [0.25, 0.3) is 0 Å². The van der Waals surface area contributed by atoms with E-state index >= 15 is 0 Å². The summed E-state index contributed by atoms with van der Waals surface area (Å²) in [7, 11) is 0. The van der Waals surface area contributed by atoms with E-state index in [1.54, 1.807) is 36.7 Å². The fourth-order valence-electron chi connectivity index (χ4n) is 2.00. The third-order valence-corrected chi connectivity index (χ3v) is 4.45. The van der Waals surface area contributed by atoms with E-state index in [1.165, 1.54) is 4.88 Å². The zero-order valence-corrected chi connectivity index (χ0v) is 14.6. The van der Waals surface area contributed by atoms with E-state index in [4.69, 9.17) is 4.42 Å². The van der Waals surface area contributed by atoms with E-state index in [0.717, 1.165) is 18.0 Å². The normalized spacial score (nSPS) is 14.5. The number of nitrogens with one attached hydrogen (secondary N) is 2. The molecule has 0 bridgehead atoms. The number of aliphatic hydroxyl groups is 1. The summed E-state index contributed by atoms with van der Waals surface area (Å²) in [5, 5.41) is 17.8. The molecule has 2 aromatic heterocycles. The van der Waals surface area contributed by atoms with Gasteiger partial charge in [-0.05, 0) is 32.4 Å².